The van der Waals surface area contributed by atoms with Crippen LogP contribution in [-0.2, 0) is 4.79 Å². The van der Waals surface area contributed by atoms with Gasteiger partial charge in [0.25, 0.3) is 0 Å². The zero-order chi connectivity index (χ0) is 11.4. The number of phenols is 1. The number of aromatic hydroxyl groups is 1. The Bertz CT molecular complexity index is 379. The molecule has 1 saturated heterocycles. The lowest BCUT2D eigenvalue weighted by Crippen LogP contribution is -2.37. The molecule has 1 unspecified atom stereocenters. The van der Waals surface area contributed by atoms with Crippen LogP contribution in [-0.4, -0.2) is 24.1 Å². The van der Waals surface area contributed by atoms with Crippen LogP contribution in [0.25, 0.3) is 0 Å². The number of carbonyl (C=O) groups is 1. The van der Waals surface area contributed by atoms with E-state index >= 15 is 0 Å². The molecule has 0 bridgehead atoms. The van der Waals surface area contributed by atoms with Crippen molar-refractivity contribution in [1.82, 2.24) is 5.32 Å². The Labute approximate surface area is 107 Å². The van der Waals surface area contributed by atoms with Gasteiger partial charge in [-0.3, -0.25) is 4.79 Å². The number of nitrogens with one attached hydrogen (secondary N) is 2. The highest BCUT2D eigenvalue weighted by Crippen LogP contribution is 2.18. The molecule has 1 atom stereocenters. The number of phenolic OH excluding ortho intramolecular Hbond substituents is 1. The van der Waals surface area contributed by atoms with Crippen molar-refractivity contribution in [1.29, 1.82) is 0 Å². The summed E-state index contributed by atoms with van der Waals surface area (Å²) >= 11 is 0. The Kier molecular flexibility index (Phi) is 5.25. The minimum Gasteiger partial charge on any atom is -0.508 e. The van der Waals surface area contributed by atoms with Crippen LogP contribution in [0, 0.1) is 5.92 Å². The Morgan fingerprint density at radius 2 is 2.29 bits per heavy atom. The smallest absolute Gasteiger partial charge is 0.228 e. The predicted molar refractivity (Wildman–Crippen MR) is 69.6 cm³/mol. The van der Waals surface area contributed by atoms with Crippen LogP contribution in [0.15, 0.2) is 24.3 Å². The van der Waals surface area contributed by atoms with Gasteiger partial charge < -0.3 is 15.7 Å². The average molecular weight is 257 g/mol. The third-order valence-electron chi connectivity index (χ3n) is 2.78. The Hall–Kier alpha value is -1.26. The molecule has 0 aromatic heterocycles. The second kappa shape index (κ2) is 6.47. The van der Waals surface area contributed by atoms with Crippen LogP contribution in [0.5, 0.6) is 5.75 Å². The summed E-state index contributed by atoms with van der Waals surface area (Å²) in [4.78, 5) is 11.8. The minimum absolute atomic E-state index is 0. The van der Waals surface area contributed by atoms with Crippen molar-refractivity contribution in [3.05, 3.63) is 24.3 Å². The standard InChI is InChI=1S/C12H16N2O2.ClH/c15-11-5-1-4-10(7-11)14-12(16)9-3-2-6-13-8-9;/h1,4-5,7,9,13,15H,2-3,6,8H2,(H,14,16);1H. The van der Waals surface area contributed by atoms with Crippen LogP contribution >= 0.6 is 12.4 Å². The number of piperidine rings is 1. The van der Waals surface area contributed by atoms with Crippen LogP contribution in [0.1, 0.15) is 12.8 Å². The molecule has 2 rings (SSSR count). The van der Waals surface area contributed by atoms with E-state index in [1.807, 2.05) is 0 Å². The van der Waals surface area contributed by atoms with Gasteiger partial charge in [-0.15, -0.1) is 12.4 Å². The second-order valence-corrected chi connectivity index (χ2v) is 4.08. The molecule has 0 radical (unpaired) electrons. The van der Waals surface area contributed by atoms with Gasteiger partial charge >= 0.3 is 0 Å². The zero-order valence-corrected chi connectivity index (χ0v) is 10.3. The van der Waals surface area contributed by atoms with Crippen LogP contribution in [0.4, 0.5) is 5.69 Å². The van der Waals surface area contributed by atoms with E-state index in [1.165, 1.54) is 0 Å². The molecule has 1 aromatic rings. The fourth-order valence-electron chi connectivity index (χ4n) is 1.90. The number of benzene rings is 1. The van der Waals surface area contributed by atoms with Crippen molar-refractivity contribution >= 4 is 24.0 Å². The van der Waals surface area contributed by atoms with Gasteiger partial charge in [0.15, 0.2) is 0 Å². The molecule has 1 heterocycles. The van der Waals surface area contributed by atoms with E-state index < -0.39 is 0 Å². The quantitative estimate of drug-likeness (QED) is 0.756. The molecule has 1 aliphatic heterocycles. The van der Waals surface area contributed by atoms with E-state index in [-0.39, 0.29) is 30.0 Å². The molecule has 1 fully saturated rings. The SMILES string of the molecule is Cl.O=C(Nc1cccc(O)c1)C1CCCNC1. The first-order valence-electron chi connectivity index (χ1n) is 5.56. The summed E-state index contributed by atoms with van der Waals surface area (Å²) < 4.78 is 0. The maximum atomic E-state index is 11.8. The molecule has 94 valence electrons. The predicted octanol–water partition coefficient (Wildman–Crippen LogP) is 1.75. The van der Waals surface area contributed by atoms with Crippen molar-refractivity contribution in [2.75, 3.05) is 18.4 Å². The van der Waals surface area contributed by atoms with Crippen molar-refractivity contribution in [2.45, 2.75) is 12.8 Å². The van der Waals surface area contributed by atoms with E-state index in [9.17, 15) is 9.90 Å². The molecule has 4 nitrogen and oxygen atoms in total. The van der Waals surface area contributed by atoms with Gasteiger partial charge in [0, 0.05) is 18.3 Å². The van der Waals surface area contributed by atoms with Crippen LogP contribution < -0.4 is 10.6 Å². The molecule has 1 amide bonds. The number of carbonyl (C=O) groups excluding carboxylic acids is 1. The fraction of sp³-hybridized carbons (Fsp3) is 0.417. The lowest BCUT2D eigenvalue weighted by molar-refractivity contribution is -0.120. The molecule has 0 saturated carbocycles. The Morgan fingerprint density at radius 3 is 2.94 bits per heavy atom. The number of rotatable bonds is 2. The normalized spacial score (nSPS) is 19.2. The van der Waals surface area contributed by atoms with Crippen molar-refractivity contribution in [3.63, 3.8) is 0 Å². The Balaban J connectivity index is 0.00000144. The first-order chi connectivity index (χ1) is 7.75. The highest BCUT2D eigenvalue weighted by atomic mass is 35.5. The lowest BCUT2D eigenvalue weighted by atomic mass is 9.99. The van der Waals surface area contributed by atoms with E-state index in [0.29, 0.717) is 5.69 Å². The summed E-state index contributed by atoms with van der Waals surface area (Å²) in [7, 11) is 0. The molecule has 3 N–H and O–H groups in total. The van der Waals surface area contributed by atoms with Crippen LogP contribution in [0.3, 0.4) is 0 Å². The first kappa shape index (κ1) is 13.8. The van der Waals surface area contributed by atoms with Gasteiger partial charge in [0.2, 0.25) is 5.91 Å². The van der Waals surface area contributed by atoms with E-state index in [4.69, 9.17) is 0 Å². The third-order valence-corrected chi connectivity index (χ3v) is 2.78. The summed E-state index contributed by atoms with van der Waals surface area (Å²) in [6.45, 7) is 1.74. The van der Waals surface area contributed by atoms with E-state index in [0.717, 1.165) is 25.9 Å². The monoisotopic (exact) mass is 256 g/mol. The van der Waals surface area contributed by atoms with Crippen molar-refractivity contribution in [2.24, 2.45) is 5.92 Å². The van der Waals surface area contributed by atoms with E-state index in [1.54, 1.807) is 24.3 Å². The van der Waals surface area contributed by atoms with Gasteiger partial charge in [-0.1, -0.05) is 6.07 Å². The number of hydrogen-bond donors (Lipinski definition) is 3. The summed E-state index contributed by atoms with van der Waals surface area (Å²) in [5.74, 6) is 0.230. The molecule has 1 aliphatic rings. The van der Waals surface area contributed by atoms with Gasteiger partial charge in [-0.25, -0.2) is 0 Å². The number of halogens is 1. The topological polar surface area (TPSA) is 61.4 Å². The molecule has 5 heteroatoms. The maximum absolute atomic E-state index is 11.8. The summed E-state index contributed by atoms with van der Waals surface area (Å²) in [5.41, 5.74) is 0.649. The molecule has 0 spiro atoms. The van der Waals surface area contributed by atoms with Gasteiger partial charge in [0.1, 0.15) is 5.75 Å². The minimum atomic E-state index is 0. The molecule has 1 aromatic carbocycles. The molecular formula is C12H17ClN2O2. The second-order valence-electron chi connectivity index (χ2n) is 4.08. The summed E-state index contributed by atoms with van der Waals surface area (Å²) in [6, 6.07) is 6.61. The van der Waals surface area contributed by atoms with Gasteiger partial charge in [-0.05, 0) is 31.5 Å². The van der Waals surface area contributed by atoms with E-state index in [2.05, 4.69) is 10.6 Å². The van der Waals surface area contributed by atoms with Gasteiger partial charge in [0.05, 0.1) is 5.92 Å². The molecular weight excluding hydrogens is 240 g/mol. The highest BCUT2D eigenvalue weighted by Gasteiger charge is 2.20. The average Bonchev–Trinajstić information content (AvgIpc) is 2.30. The third kappa shape index (κ3) is 3.91. The maximum Gasteiger partial charge on any atom is 0.228 e. The highest BCUT2D eigenvalue weighted by molar-refractivity contribution is 5.92. The fourth-order valence-corrected chi connectivity index (χ4v) is 1.90. The zero-order valence-electron chi connectivity index (χ0n) is 9.48. The summed E-state index contributed by atoms with van der Waals surface area (Å²) in [6.07, 6.45) is 1.97. The van der Waals surface area contributed by atoms with Crippen LogP contribution in [0.2, 0.25) is 0 Å². The number of amides is 1. The number of anilines is 1. The van der Waals surface area contributed by atoms with Gasteiger partial charge in [-0.2, -0.15) is 0 Å². The first-order valence-corrected chi connectivity index (χ1v) is 5.56. The Morgan fingerprint density at radius 1 is 1.47 bits per heavy atom. The largest absolute Gasteiger partial charge is 0.508 e. The van der Waals surface area contributed by atoms with Crippen molar-refractivity contribution in [3.8, 4) is 5.75 Å². The number of hydrogen-bond acceptors (Lipinski definition) is 3. The molecule has 17 heavy (non-hydrogen) atoms. The summed E-state index contributed by atoms with van der Waals surface area (Å²) in [5, 5.41) is 15.3. The van der Waals surface area contributed by atoms with Crippen molar-refractivity contribution < 1.29 is 9.90 Å². The lowest BCUT2D eigenvalue weighted by Gasteiger charge is -2.21. The molecule has 0 aliphatic carbocycles.